The van der Waals surface area contributed by atoms with Gasteiger partial charge in [-0.3, -0.25) is 9.69 Å². The fraction of sp³-hybridized carbons (Fsp3) is 0.636. The van der Waals surface area contributed by atoms with Crippen LogP contribution in [-0.4, -0.2) is 84.2 Å². The Kier molecular flexibility index (Phi) is 7.14. The highest BCUT2D eigenvalue weighted by Crippen LogP contribution is 2.28. The molecule has 2 saturated heterocycles. The number of anilines is 1. The first kappa shape index (κ1) is 21.6. The van der Waals surface area contributed by atoms with Crippen molar-refractivity contribution in [1.82, 2.24) is 14.7 Å². The second-order valence-corrected chi connectivity index (χ2v) is 8.58. The summed E-state index contributed by atoms with van der Waals surface area (Å²) in [6.45, 7) is 9.43. The number of carbonyl (C=O) groups excluding carboxylic acids is 1. The van der Waals surface area contributed by atoms with Crippen LogP contribution in [0.3, 0.4) is 0 Å². The van der Waals surface area contributed by atoms with Gasteiger partial charge in [0.25, 0.3) is 0 Å². The van der Waals surface area contributed by atoms with Gasteiger partial charge in [-0.1, -0.05) is 12.1 Å². The molecular weight excluding hydrogens is 368 g/mol. The number of carboxylic acid groups (broad SMARTS) is 1. The maximum atomic E-state index is 12.9. The zero-order chi connectivity index (χ0) is 21.0. The third kappa shape index (κ3) is 5.70. The average molecular weight is 403 g/mol. The van der Waals surface area contributed by atoms with E-state index >= 15 is 0 Å². The molecule has 0 bridgehead atoms. The number of hydrogen-bond acceptors (Lipinski definition) is 4. The van der Waals surface area contributed by atoms with Crippen molar-refractivity contribution < 1.29 is 14.7 Å². The summed E-state index contributed by atoms with van der Waals surface area (Å²) < 4.78 is 0. The van der Waals surface area contributed by atoms with Crippen LogP contribution < -0.4 is 5.32 Å². The van der Waals surface area contributed by atoms with Crippen LogP contribution in [0.1, 0.15) is 30.4 Å². The van der Waals surface area contributed by atoms with Gasteiger partial charge in [0, 0.05) is 57.4 Å². The van der Waals surface area contributed by atoms with Gasteiger partial charge in [-0.2, -0.15) is 0 Å². The number of carbonyl (C=O) groups is 2. The number of carboxylic acids is 1. The number of rotatable bonds is 5. The van der Waals surface area contributed by atoms with Crippen molar-refractivity contribution in [3.63, 3.8) is 0 Å². The summed E-state index contributed by atoms with van der Waals surface area (Å²) in [6, 6.07) is 6.31. The van der Waals surface area contributed by atoms with Crippen LogP contribution >= 0.6 is 0 Å². The lowest BCUT2D eigenvalue weighted by Gasteiger charge is -2.46. The SMILES string of the molecule is Cc1ccc(C)c(NC(=O)N2CC[C@H](N3CCN(C)CC3)[C@H](CCC(=O)O)C2)c1. The zero-order valence-corrected chi connectivity index (χ0v) is 17.9. The molecule has 160 valence electrons. The second-order valence-electron chi connectivity index (χ2n) is 8.58. The Labute approximate surface area is 173 Å². The molecule has 29 heavy (non-hydrogen) atoms. The number of nitrogens with zero attached hydrogens (tertiary/aromatic N) is 3. The lowest BCUT2D eigenvalue weighted by Crippen LogP contribution is -2.57. The van der Waals surface area contributed by atoms with Crippen LogP contribution in [0.4, 0.5) is 10.5 Å². The highest BCUT2D eigenvalue weighted by atomic mass is 16.4. The van der Waals surface area contributed by atoms with E-state index in [1.165, 1.54) is 0 Å². The van der Waals surface area contributed by atoms with Gasteiger partial charge in [-0.05, 0) is 56.8 Å². The number of benzene rings is 1. The Bertz CT molecular complexity index is 731. The first-order chi connectivity index (χ1) is 13.8. The van der Waals surface area contributed by atoms with Crippen molar-refractivity contribution in [2.45, 2.75) is 39.2 Å². The van der Waals surface area contributed by atoms with Crippen LogP contribution in [0.25, 0.3) is 0 Å². The van der Waals surface area contributed by atoms with Gasteiger partial charge >= 0.3 is 12.0 Å². The highest BCUT2D eigenvalue weighted by molar-refractivity contribution is 5.90. The summed E-state index contributed by atoms with van der Waals surface area (Å²) in [5.74, 6) is -0.577. The number of nitrogens with one attached hydrogen (secondary N) is 1. The average Bonchev–Trinajstić information content (AvgIpc) is 2.69. The van der Waals surface area contributed by atoms with Gasteiger partial charge < -0.3 is 20.2 Å². The van der Waals surface area contributed by atoms with E-state index in [1.54, 1.807) is 0 Å². The predicted octanol–water partition coefficient (Wildman–Crippen LogP) is 2.64. The van der Waals surface area contributed by atoms with Crippen molar-refractivity contribution in [2.75, 3.05) is 51.6 Å². The standard InChI is InChI=1S/C22H34N4O3/c1-16-4-5-17(2)19(14-16)23-22(29)26-9-8-20(18(15-26)6-7-21(27)28)25-12-10-24(3)11-13-25/h4-5,14,18,20H,6-13,15H2,1-3H3,(H,23,29)(H,27,28)/t18-,20+/m1/s1. The molecule has 2 atom stereocenters. The number of hydrogen-bond donors (Lipinski definition) is 2. The van der Waals surface area contributed by atoms with Crippen molar-refractivity contribution in [3.8, 4) is 0 Å². The van der Waals surface area contributed by atoms with Crippen molar-refractivity contribution in [2.24, 2.45) is 5.92 Å². The molecule has 2 N–H and O–H groups in total. The lowest BCUT2D eigenvalue weighted by molar-refractivity contribution is -0.137. The molecule has 0 aromatic heterocycles. The Morgan fingerprint density at radius 2 is 1.86 bits per heavy atom. The van der Waals surface area contributed by atoms with Gasteiger partial charge in [-0.25, -0.2) is 4.79 Å². The number of piperazine rings is 1. The van der Waals surface area contributed by atoms with Crippen LogP contribution in [-0.2, 0) is 4.79 Å². The van der Waals surface area contributed by atoms with Crippen LogP contribution in [0.2, 0.25) is 0 Å². The van der Waals surface area contributed by atoms with E-state index < -0.39 is 5.97 Å². The fourth-order valence-corrected chi connectivity index (χ4v) is 4.50. The topological polar surface area (TPSA) is 76.1 Å². The quantitative estimate of drug-likeness (QED) is 0.792. The fourth-order valence-electron chi connectivity index (χ4n) is 4.50. The molecule has 1 aromatic carbocycles. The number of aryl methyl sites for hydroxylation is 2. The Morgan fingerprint density at radius 1 is 1.14 bits per heavy atom. The molecule has 1 aromatic rings. The van der Waals surface area contributed by atoms with Crippen LogP contribution in [0.5, 0.6) is 0 Å². The van der Waals surface area contributed by atoms with Crippen molar-refractivity contribution in [3.05, 3.63) is 29.3 Å². The summed E-state index contributed by atoms with van der Waals surface area (Å²) in [4.78, 5) is 30.8. The molecule has 2 aliphatic heterocycles. The number of urea groups is 1. The Balaban J connectivity index is 1.66. The number of likely N-dealkylation sites (tertiary alicyclic amines) is 1. The third-order valence-electron chi connectivity index (χ3n) is 6.35. The van der Waals surface area contributed by atoms with Crippen molar-refractivity contribution in [1.29, 1.82) is 0 Å². The molecule has 0 aliphatic carbocycles. The minimum absolute atomic E-state index is 0.0872. The molecule has 0 spiro atoms. The number of likely N-dealkylation sites (N-methyl/N-ethyl adjacent to an activating group) is 1. The molecule has 0 unspecified atom stereocenters. The van der Waals surface area contributed by atoms with E-state index in [1.807, 2.05) is 36.9 Å². The maximum absolute atomic E-state index is 12.9. The van der Waals surface area contributed by atoms with E-state index in [9.17, 15) is 14.7 Å². The third-order valence-corrected chi connectivity index (χ3v) is 6.35. The number of amides is 2. The molecular formula is C22H34N4O3. The van der Waals surface area contributed by atoms with Gasteiger partial charge in [-0.15, -0.1) is 0 Å². The zero-order valence-electron chi connectivity index (χ0n) is 17.9. The molecule has 2 aliphatic rings. The molecule has 2 heterocycles. The molecule has 3 rings (SSSR count). The second kappa shape index (κ2) is 9.59. The van der Waals surface area contributed by atoms with E-state index in [4.69, 9.17) is 0 Å². The largest absolute Gasteiger partial charge is 0.481 e. The summed E-state index contributed by atoms with van der Waals surface area (Å²) in [6.07, 6.45) is 1.66. The molecule has 7 nitrogen and oxygen atoms in total. The van der Waals surface area contributed by atoms with Gasteiger partial charge in [0.15, 0.2) is 0 Å². The van der Waals surface area contributed by atoms with E-state index in [0.29, 0.717) is 25.6 Å². The molecule has 0 radical (unpaired) electrons. The monoisotopic (exact) mass is 402 g/mol. The summed E-state index contributed by atoms with van der Waals surface area (Å²) >= 11 is 0. The van der Waals surface area contributed by atoms with Crippen molar-refractivity contribution >= 4 is 17.7 Å². The molecule has 2 fully saturated rings. The van der Waals surface area contributed by atoms with E-state index in [-0.39, 0.29) is 18.4 Å². The summed E-state index contributed by atoms with van der Waals surface area (Å²) in [5.41, 5.74) is 3.00. The van der Waals surface area contributed by atoms with E-state index in [0.717, 1.165) is 49.4 Å². The van der Waals surface area contributed by atoms with Crippen LogP contribution in [0, 0.1) is 19.8 Å². The minimum Gasteiger partial charge on any atom is -0.481 e. The molecule has 0 saturated carbocycles. The van der Waals surface area contributed by atoms with Gasteiger partial charge in [0.1, 0.15) is 0 Å². The smallest absolute Gasteiger partial charge is 0.321 e. The Morgan fingerprint density at radius 3 is 2.55 bits per heavy atom. The molecule has 7 heteroatoms. The highest BCUT2D eigenvalue weighted by Gasteiger charge is 2.36. The summed E-state index contributed by atoms with van der Waals surface area (Å²) in [7, 11) is 2.14. The summed E-state index contributed by atoms with van der Waals surface area (Å²) in [5, 5.41) is 12.2. The van der Waals surface area contributed by atoms with Gasteiger partial charge in [0.2, 0.25) is 0 Å². The minimum atomic E-state index is -0.765. The maximum Gasteiger partial charge on any atom is 0.321 e. The van der Waals surface area contributed by atoms with E-state index in [2.05, 4.69) is 22.2 Å². The number of piperidine rings is 1. The predicted molar refractivity (Wildman–Crippen MR) is 114 cm³/mol. The lowest BCUT2D eigenvalue weighted by atomic mass is 9.86. The van der Waals surface area contributed by atoms with Gasteiger partial charge in [0.05, 0.1) is 0 Å². The Hall–Kier alpha value is -2.12. The van der Waals surface area contributed by atoms with Crippen LogP contribution in [0.15, 0.2) is 18.2 Å². The first-order valence-corrected chi connectivity index (χ1v) is 10.6. The normalized spacial score (nSPS) is 23.8. The number of aliphatic carboxylic acids is 1. The molecule has 2 amide bonds. The first-order valence-electron chi connectivity index (χ1n) is 10.6.